The minimum Gasteiger partial charge on any atom is -0.460 e. The average Bonchev–Trinajstić information content (AvgIpc) is 0.775. The number of carbonyl (C=O) groups is 9. The summed E-state index contributed by atoms with van der Waals surface area (Å²) in [6, 6.07) is -2.75. The molecule has 6 heterocycles. The number of nitrogens with two attached hydrogens (primary N) is 1. The van der Waals surface area contributed by atoms with Crippen molar-refractivity contribution in [1.29, 1.82) is 0 Å². The number of methoxy groups -OCH3 is 6. The Labute approximate surface area is 868 Å². The minimum absolute atomic E-state index is 0. The number of allylic oxidation sites excluding steroid dienone is 11. The number of unbranched alkanes of at least 4 members (excludes halogenated alkanes) is 4. The van der Waals surface area contributed by atoms with Crippen LogP contribution in [0.5, 0.6) is 0 Å². The van der Waals surface area contributed by atoms with Crippen molar-refractivity contribution in [2.45, 2.75) is 412 Å². The van der Waals surface area contributed by atoms with Crippen LogP contribution in [0.15, 0.2) is 95.2 Å². The smallest absolute Gasteiger partial charge is 0.329 e. The van der Waals surface area contributed by atoms with Crippen LogP contribution < -0.4 is 5.73 Å². The van der Waals surface area contributed by atoms with Gasteiger partial charge >= 0.3 is 11.9 Å². The molecule has 0 aromatic carbocycles. The normalized spacial score (nSPS) is 37.6. The number of fused-ring (bicyclic) bond motifs is 6. The lowest BCUT2D eigenvalue weighted by molar-refractivity contribution is -0.265. The molecule has 29 heteroatoms. The highest BCUT2D eigenvalue weighted by Gasteiger charge is 2.56. The van der Waals surface area contributed by atoms with Crippen LogP contribution in [0.25, 0.3) is 0 Å². The van der Waals surface area contributed by atoms with Crippen molar-refractivity contribution < 1.29 is 126 Å². The molecule has 31 atom stereocenters. The van der Waals surface area contributed by atoms with Crippen molar-refractivity contribution in [1.82, 2.24) is 9.80 Å². The maximum Gasteiger partial charge on any atom is 0.329 e. The van der Waals surface area contributed by atoms with E-state index in [1.54, 1.807) is 69.1 Å². The number of aliphatic hydroxyl groups is 5. The van der Waals surface area contributed by atoms with Gasteiger partial charge in [-0.15, -0.1) is 24.7 Å². The Morgan fingerprint density at radius 1 is 0.469 bits per heavy atom. The number of terminal acetylenes is 2. The number of aliphatic hydroxyl groups excluding tert-OH is 3. The number of rotatable bonds is 22. The van der Waals surface area contributed by atoms with E-state index in [0.717, 1.165) is 82.5 Å². The monoisotopic (exact) mass is 2040 g/mol. The summed E-state index contributed by atoms with van der Waals surface area (Å²) in [6.45, 7) is 27.5. The molecular weight excluding hydrogens is 1850 g/mol. The predicted molar refractivity (Wildman–Crippen MR) is 561 cm³/mol. The maximum atomic E-state index is 14.6. The van der Waals surface area contributed by atoms with Gasteiger partial charge in [-0.1, -0.05) is 150 Å². The molecule has 820 valence electrons. The molecule has 2 saturated carbocycles. The molecule has 8 rings (SSSR count). The number of hydrogen-bond acceptors (Lipinski definition) is 27. The molecule has 145 heavy (non-hydrogen) atoms. The lowest BCUT2D eigenvalue weighted by Crippen LogP contribution is -2.61. The fourth-order valence-electron chi connectivity index (χ4n) is 21.9. The van der Waals surface area contributed by atoms with Crippen LogP contribution in [-0.2, 0) is 100.0 Å². The zero-order chi connectivity index (χ0) is 107. The molecule has 4 bridgehead atoms. The summed E-state index contributed by atoms with van der Waals surface area (Å²) in [6.07, 6.45) is 42.6. The third kappa shape index (κ3) is 38.2. The fourth-order valence-corrected chi connectivity index (χ4v) is 21.9. The molecule has 2 amide bonds. The topological polar surface area (TPSA) is 398 Å². The van der Waals surface area contributed by atoms with Crippen molar-refractivity contribution in [3.63, 3.8) is 0 Å². The SMILES string of the molecule is C.C#CCCCCO[C@@H]1CC[C@@H](C[C@@H](C)[C@@H]2CC(=O)[C@H](C)/C=C(\C)[C@@H](O)[C@@H](OC)C(=O)[C@H](C)C[C@H](C)/C=C/C=C/C=C(\C)[C@@H](OC)C[C@@H]3CC[C@@H](C)[C@@](O)(O3)C(=O)C(=O)N3CCCC[C@H]3C(=O)O2)C[C@H]1OC.C#CCCCCO[C@@H]1CC[C@@H](C[C@@H](C)[C@@H]2CC(N)[C@H](C)/C=C(\C)[C@@H](O)[C@@H](OC)C(=O)[C@H](C)C[C@H](C)/C=C/C=C/C=C(\C)[C@@H](OC)C[C@@H]3CC[C@@H](C)[C@@](O)(O3)C(=O)C(=O)N3CCCC[C@H]3C(=O)O2)C[C@H]1OC.CO. The van der Waals surface area contributed by atoms with E-state index in [0.29, 0.717) is 127 Å². The first kappa shape index (κ1) is 128. The average molecular weight is 2040 g/mol. The van der Waals surface area contributed by atoms with Crippen LogP contribution in [0.3, 0.4) is 0 Å². The summed E-state index contributed by atoms with van der Waals surface area (Å²) >= 11 is 0. The van der Waals surface area contributed by atoms with Gasteiger partial charge in [-0.05, 0) is 246 Å². The predicted octanol–water partition coefficient (Wildman–Crippen LogP) is 16.0. The number of Topliss-reactive ketones (excluding diaryl/α,β-unsaturated/α-hetero) is 5. The molecule has 7 N–H and O–H groups in total. The van der Waals surface area contributed by atoms with Crippen molar-refractivity contribution in [3.8, 4) is 24.7 Å². The zero-order valence-electron chi connectivity index (χ0n) is 90.6. The third-order valence-electron chi connectivity index (χ3n) is 31.3. The molecule has 8 aliphatic rings. The molecule has 29 nitrogen and oxygen atoms in total. The first-order chi connectivity index (χ1) is 68.6. The summed E-state index contributed by atoms with van der Waals surface area (Å²) in [7, 11) is 10.4. The fraction of sp³-hybridized carbons (Fsp3) is 0.750. The number of carbonyl (C=O) groups excluding carboxylic acids is 9. The van der Waals surface area contributed by atoms with Gasteiger partial charge < -0.3 is 97.9 Å². The number of ether oxygens (including phenoxy) is 12. The Kier molecular flexibility index (Phi) is 57.4. The molecule has 0 aromatic heterocycles. The second-order valence-corrected chi connectivity index (χ2v) is 42.5. The summed E-state index contributed by atoms with van der Waals surface area (Å²) in [5.41, 5.74) is 9.71. The minimum atomic E-state index is -2.43. The highest BCUT2D eigenvalue weighted by Crippen LogP contribution is 2.43. The number of cyclic esters (lactones) is 2. The highest BCUT2D eigenvalue weighted by atomic mass is 16.6. The molecule has 0 spiro atoms. The number of nitrogens with zero attached hydrogens (tertiary/aromatic N) is 2. The van der Waals surface area contributed by atoms with Crippen molar-refractivity contribution in [2.75, 3.05) is 76.1 Å². The van der Waals surface area contributed by atoms with Crippen molar-refractivity contribution in [2.24, 2.45) is 76.7 Å². The largest absolute Gasteiger partial charge is 0.460 e. The van der Waals surface area contributed by atoms with Crippen LogP contribution in [0, 0.1) is 95.7 Å². The Morgan fingerprint density at radius 3 is 1.26 bits per heavy atom. The van der Waals surface area contributed by atoms with Crippen LogP contribution in [-0.4, -0.2) is 279 Å². The number of ketones is 5. The Balaban J connectivity index is 0.000000498. The van der Waals surface area contributed by atoms with E-state index in [9.17, 15) is 63.6 Å². The lowest BCUT2D eigenvalue weighted by atomic mass is 9.78. The summed E-state index contributed by atoms with van der Waals surface area (Å²) in [4.78, 5) is 131. The second-order valence-electron chi connectivity index (χ2n) is 42.5. The van der Waals surface area contributed by atoms with E-state index < -0.39 is 156 Å². The first-order valence-corrected chi connectivity index (χ1v) is 53.3. The van der Waals surface area contributed by atoms with Crippen LogP contribution in [0.1, 0.15) is 297 Å². The van der Waals surface area contributed by atoms with E-state index in [1.807, 2.05) is 122 Å². The third-order valence-corrected chi connectivity index (χ3v) is 31.3. The van der Waals surface area contributed by atoms with Gasteiger partial charge in [0.25, 0.3) is 23.4 Å². The second kappa shape index (κ2) is 65.0. The molecule has 6 aliphatic heterocycles. The van der Waals surface area contributed by atoms with Gasteiger partial charge in [0.2, 0.25) is 11.6 Å². The molecule has 1 unspecified atom stereocenters. The van der Waals surface area contributed by atoms with Gasteiger partial charge in [-0.2, -0.15) is 0 Å². The van der Waals surface area contributed by atoms with E-state index in [4.69, 9.17) is 80.5 Å². The highest BCUT2D eigenvalue weighted by molar-refractivity contribution is 6.39. The van der Waals surface area contributed by atoms with E-state index in [1.165, 1.54) is 24.0 Å². The van der Waals surface area contributed by atoms with Gasteiger partial charge in [0.15, 0.2) is 11.6 Å². The quantitative estimate of drug-likeness (QED) is 0.0193. The van der Waals surface area contributed by atoms with Crippen LogP contribution >= 0.6 is 0 Å². The number of piperidine rings is 2. The first-order valence-electron chi connectivity index (χ1n) is 53.3. The summed E-state index contributed by atoms with van der Waals surface area (Å²) in [5.74, 6) is -9.09. The van der Waals surface area contributed by atoms with E-state index in [2.05, 4.69) is 18.8 Å². The lowest BCUT2D eigenvalue weighted by Gasteiger charge is -2.43. The van der Waals surface area contributed by atoms with Gasteiger partial charge in [0.05, 0.1) is 48.8 Å². The standard InChI is InChI=1S/C57H90N2O12.C57H87NO13.CH4O.CH4/c1-12-13-14-20-29-69-47-27-25-43(33-50(47)67-10)32-39(5)49-35-45(58)38(4)31-41(7)52(61)53(68-11)51(60)40(6)30-36(2)21-16-15-17-22-37(3)48(66-9)34-44-26-24-42(8)57(65,71-44)54(62)55(63)59-28-19-18-23-46(59)56(64)70-49;1-12-13-14-20-29-69-47-27-25-43(33-50(47)67-10)32-39(5)49-35-46(59)38(4)31-41(7)52(61)53(68-11)51(60)40(6)30-36(2)21-16-15-17-22-37(3)48(66-9)34-44-26-24-42(8)57(65,71-44)54(62)55(63)58-28-19-18-23-45(58)56(64)70-49;1-2;/h1,15-17,21-22,31,36,38-40,42-50,52-53,61,65H,13-14,18-20,23-30,32-35,58H2,2-11H3;1,15-17,21-22,31,36,38-40,42-45,47-50,52-53,61,65H,13-14,18-20,23-30,32-35H2,2-11H3;2H,1H3;1H4/b2*17-15+,21-16+,37-22+,41-31+;;/t36-,38-,39-,40-,42-,43+,44+,45?,46+,47-,48+,49+,50-,52-,53+,57-;36-,38-,39-,40-,42-,43+,44+,45+,47-,48+,49+,50-,52-,53+,57-;;/m11../s1. The number of esters is 2. The molecular formula is C116H185N3O26. The Hall–Kier alpha value is -7.37. The van der Waals surface area contributed by atoms with Crippen molar-refractivity contribution >= 4 is 52.7 Å². The van der Waals surface area contributed by atoms with Crippen LogP contribution in [0.2, 0.25) is 0 Å². The van der Waals surface area contributed by atoms with E-state index in [-0.39, 0.29) is 129 Å². The Morgan fingerprint density at radius 2 is 0.869 bits per heavy atom. The van der Waals surface area contributed by atoms with Crippen molar-refractivity contribution in [3.05, 3.63) is 95.2 Å². The molecule has 0 aromatic rings. The van der Waals surface area contributed by atoms with E-state index >= 15 is 0 Å². The zero-order valence-corrected chi connectivity index (χ0v) is 90.6. The van der Waals surface area contributed by atoms with Crippen LogP contribution in [0.4, 0.5) is 0 Å². The van der Waals surface area contributed by atoms with Gasteiger partial charge in [0, 0.05) is 150 Å². The molecule has 6 fully saturated rings. The molecule has 0 radical (unpaired) electrons. The maximum absolute atomic E-state index is 14.6. The van der Waals surface area contributed by atoms with Gasteiger partial charge in [-0.3, -0.25) is 33.6 Å². The van der Waals surface area contributed by atoms with Gasteiger partial charge in [-0.25, -0.2) is 9.59 Å². The Bertz CT molecular complexity index is 4370. The number of hydrogen-bond donors (Lipinski definition) is 6. The number of amides is 2. The molecule has 2 aliphatic carbocycles. The van der Waals surface area contributed by atoms with Gasteiger partial charge in [0.1, 0.15) is 54.5 Å². The summed E-state index contributed by atoms with van der Waals surface area (Å²) < 4.78 is 72.6. The summed E-state index contributed by atoms with van der Waals surface area (Å²) in [5, 5.41) is 54.1. The molecule has 4 saturated heterocycles.